The molecule has 0 aliphatic carbocycles. The maximum absolute atomic E-state index is 12.0. The second-order valence-electron chi connectivity index (χ2n) is 4.81. The van der Waals surface area contributed by atoms with Gasteiger partial charge in [0.15, 0.2) is 0 Å². The number of carbonyl (C=O) groups excluding carboxylic acids is 2. The zero-order chi connectivity index (χ0) is 13.8. The molecule has 2 rings (SSSR count). The zero-order valence-corrected chi connectivity index (χ0v) is 11.3. The molecule has 1 aliphatic heterocycles. The summed E-state index contributed by atoms with van der Waals surface area (Å²) in [6, 6.07) is 5.72. The third-order valence-corrected chi connectivity index (χ3v) is 3.23. The highest BCUT2D eigenvalue weighted by Crippen LogP contribution is 2.16. The van der Waals surface area contributed by atoms with Crippen molar-refractivity contribution in [1.82, 2.24) is 10.2 Å². The molecule has 2 N–H and O–H groups in total. The molecule has 0 spiro atoms. The smallest absolute Gasteiger partial charge is 0.313 e. The number of benzene rings is 1. The molecule has 0 aromatic heterocycles. The molecule has 0 saturated carbocycles. The first-order chi connectivity index (χ1) is 9.08. The topological polar surface area (TPSA) is 61.4 Å². The van der Waals surface area contributed by atoms with Crippen molar-refractivity contribution in [2.45, 2.75) is 13.8 Å². The van der Waals surface area contributed by atoms with Crippen LogP contribution in [0.5, 0.6) is 0 Å². The molecule has 1 saturated heterocycles. The van der Waals surface area contributed by atoms with E-state index in [-0.39, 0.29) is 0 Å². The Kier molecular flexibility index (Phi) is 4.16. The SMILES string of the molecule is Cc1ccc(NC(=O)C(=O)N2CCNCC2)c(C)c1. The van der Waals surface area contributed by atoms with Crippen LogP contribution < -0.4 is 10.6 Å². The zero-order valence-electron chi connectivity index (χ0n) is 11.3. The summed E-state index contributed by atoms with van der Waals surface area (Å²) in [5.74, 6) is -1.02. The molecular weight excluding hydrogens is 242 g/mol. The Morgan fingerprint density at radius 1 is 1.21 bits per heavy atom. The molecule has 0 radical (unpaired) electrons. The van der Waals surface area contributed by atoms with Crippen LogP contribution in [0.1, 0.15) is 11.1 Å². The number of anilines is 1. The van der Waals surface area contributed by atoms with E-state index < -0.39 is 11.8 Å². The van der Waals surface area contributed by atoms with Crippen molar-refractivity contribution in [3.05, 3.63) is 29.3 Å². The highest BCUT2D eigenvalue weighted by atomic mass is 16.2. The molecule has 0 unspecified atom stereocenters. The van der Waals surface area contributed by atoms with Gasteiger partial charge in [0.25, 0.3) is 0 Å². The number of amides is 2. The monoisotopic (exact) mass is 261 g/mol. The average Bonchev–Trinajstić information content (AvgIpc) is 2.42. The Morgan fingerprint density at radius 3 is 2.53 bits per heavy atom. The second kappa shape index (κ2) is 5.84. The van der Waals surface area contributed by atoms with Gasteiger partial charge in [0.2, 0.25) is 0 Å². The normalized spacial score (nSPS) is 15.2. The van der Waals surface area contributed by atoms with E-state index in [0.29, 0.717) is 18.8 Å². The Balaban J connectivity index is 2.01. The van der Waals surface area contributed by atoms with Crippen LogP contribution in [0.3, 0.4) is 0 Å². The number of rotatable bonds is 1. The first-order valence-electron chi connectivity index (χ1n) is 6.46. The lowest BCUT2D eigenvalue weighted by atomic mass is 10.1. The van der Waals surface area contributed by atoms with E-state index in [1.165, 1.54) is 0 Å². The molecule has 0 bridgehead atoms. The van der Waals surface area contributed by atoms with E-state index in [4.69, 9.17) is 0 Å². The number of hydrogen-bond donors (Lipinski definition) is 2. The minimum atomic E-state index is -0.561. The summed E-state index contributed by atoms with van der Waals surface area (Å²) in [4.78, 5) is 25.5. The Morgan fingerprint density at radius 2 is 1.89 bits per heavy atom. The van der Waals surface area contributed by atoms with Crippen molar-refractivity contribution in [2.75, 3.05) is 31.5 Å². The molecule has 1 aliphatic rings. The van der Waals surface area contributed by atoms with Gasteiger partial charge in [-0.15, -0.1) is 0 Å². The number of carbonyl (C=O) groups is 2. The maximum atomic E-state index is 12.0. The summed E-state index contributed by atoms with van der Waals surface area (Å²) in [5, 5.41) is 5.83. The van der Waals surface area contributed by atoms with E-state index in [9.17, 15) is 9.59 Å². The largest absolute Gasteiger partial charge is 0.332 e. The summed E-state index contributed by atoms with van der Waals surface area (Å²) in [7, 11) is 0. The molecule has 5 nitrogen and oxygen atoms in total. The highest BCUT2D eigenvalue weighted by Gasteiger charge is 2.23. The number of aryl methyl sites for hydroxylation is 2. The van der Waals surface area contributed by atoms with Gasteiger partial charge in [-0.25, -0.2) is 0 Å². The number of nitrogens with one attached hydrogen (secondary N) is 2. The molecule has 0 atom stereocenters. The van der Waals surface area contributed by atoms with Crippen molar-refractivity contribution < 1.29 is 9.59 Å². The van der Waals surface area contributed by atoms with E-state index in [0.717, 1.165) is 24.2 Å². The van der Waals surface area contributed by atoms with Crippen molar-refractivity contribution in [3.63, 3.8) is 0 Å². The van der Waals surface area contributed by atoms with E-state index in [1.54, 1.807) is 4.90 Å². The fraction of sp³-hybridized carbons (Fsp3) is 0.429. The molecule has 1 fully saturated rings. The number of hydrogen-bond acceptors (Lipinski definition) is 3. The van der Waals surface area contributed by atoms with Gasteiger partial charge in [0.05, 0.1) is 0 Å². The quantitative estimate of drug-likeness (QED) is 0.731. The summed E-state index contributed by atoms with van der Waals surface area (Å²) < 4.78 is 0. The van der Waals surface area contributed by atoms with Crippen LogP contribution in [0.2, 0.25) is 0 Å². The maximum Gasteiger partial charge on any atom is 0.313 e. The standard InChI is InChI=1S/C14H19N3O2/c1-10-3-4-12(11(2)9-10)16-13(18)14(19)17-7-5-15-6-8-17/h3-4,9,15H,5-8H2,1-2H3,(H,16,18). The molecule has 102 valence electrons. The molecular formula is C14H19N3O2. The Hall–Kier alpha value is -1.88. The summed E-state index contributed by atoms with van der Waals surface area (Å²) >= 11 is 0. The predicted octanol–water partition coefficient (Wildman–Crippen LogP) is 0.674. The average molecular weight is 261 g/mol. The van der Waals surface area contributed by atoms with Crippen molar-refractivity contribution in [2.24, 2.45) is 0 Å². The Labute approximate surface area is 113 Å². The molecule has 2 amide bonds. The predicted molar refractivity (Wildman–Crippen MR) is 74.0 cm³/mol. The highest BCUT2D eigenvalue weighted by molar-refractivity contribution is 6.39. The van der Waals surface area contributed by atoms with Gasteiger partial charge < -0.3 is 15.5 Å². The minimum absolute atomic E-state index is 0.457. The van der Waals surface area contributed by atoms with Crippen molar-refractivity contribution in [1.29, 1.82) is 0 Å². The molecule has 1 heterocycles. The van der Waals surface area contributed by atoms with Crippen LogP contribution in [0.25, 0.3) is 0 Å². The summed E-state index contributed by atoms with van der Waals surface area (Å²) in [5.41, 5.74) is 2.78. The third-order valence-electron chi connectivity index (χ3n) is 3.23. The van der Waals surface area contributed by atoms with Crippen LogP contribution in [0.15, 0.2) is 18.2 Å². The fourth-order valence-electron chi connectivity index (χ4n) is 2.14. The number of nitrogens with zero attached hydrogens (tertiary/aromatic N) is 1. The summed E-state index contributed by atoms with van der Waals surface area (Å²) in [6.07, 6.45) is 0. The van der Waals surface area contributed by atoms with Crippen LogP contribution >= 0.6 is 0 Å². The van der Waals surface area contributed by atoms with Gasteiger partial charge in [0.1, 0.15) is 0 Å². The van der Waals surface area contributed by atoms with Gasteiger partial charge in [0, 0.05) is 31.9 Å². The first-order valence-corrected chi connectivity index (χ1v) is 6.46. The summed E-state index contributed by atoms with van der Waals surface area (Å²) in [6.45, 7) is 6.55. The van der Waals surface area contributed by atoms with Crippen LogP contribution in [-0.2, 0) is 9.59 Å². The van der Waals surface area contributed by atoms with E-state index >= 15 is 0 Å². The van der Waals surface area contributed by atoms with Gasteiger partial charge in [-0.1, -0.05) is 17.7 Å². The molecule has 5 heteroatoms. The van der Waals surface area contributed by atoms with Crippen LogP contribution in [-0.4, -0.2) is 42.9 Å². The third kappa shape index (κ3) is 3.32. The molecule has 1 aromatic rings. The van der Waals surface area contributed by atoms with Crippen molar-refractivity contribution >= 4 is 17.5 Å². The van der Waals surface area contributed by atoms with Gasteiger partial charge in [-0.05, 0) is 25.5 Å². The minimum Gasteiger partial charge on any atom is -0.332 e. The number of piperazine rings is 1. The van der Waals surface area contributed by atoms with Gasteiger partial charge >= 0.3 is 11.8 Å². The van der Waals surface area contributed by atoms with Gasteiger partial charge in [-0.3, -0.25) is 9.59 Å². The Bertz CT molecular complexity index is 493. The lowest BCUT2D eigenvalue weighted by Crippen LogP contribution is -2.49. The van der Waals surface area contributed by atoms with E-state index in [1.807, 2.05) is 32.0 Å². The lowest BCUT2D eigenvalue weighted by Gasteiger charge is -2.26. The van der Waals surface area contributed by atoms with Crippen molar-refractivity contribution in [3.8, 4) is 0 Å². The fourth-order valence-corrected chi connectivity index (χ4v) is 2.14. The molecule has 1 aromatic carbocycles. The van der Waals surface area contributed by atoms with E-state index in [2.05, 4.69) is 10.6 Å². The van der Waals surface area contributed by atoms with Crippen LogP contribution in [0.4, 0.5) is 5.69 Å². The molecule has 19 heavy (non-hydrogen) atoms. The first kappa shape index (κ1) is 13.5. The second-order valence-corrected chi connectivity index (χ2v) is 4.81. The van der Waals surface area contributed by atoms with Crippen LogP contribution in [0, 0.1) is 13.8 Å². The lowest BCUT2D eigenvalue weighted by molar-refractivity contribution is -0.143. The van der Waals surface area contributed by atoms with Gasteiger partial charge in [-0.2, -0.15) is 0 Å².